The zero-order valence-corrected chi connectivity index (χ0v) is 12.7. The Morgan fingerprint density at radius 1 is 0.957 bits per heavy atom. The van der Waals surface area contributed by atoms with Crippen LogP contribution in [0.25, 0.3) is 0 Å². The third kappa shape index (κ3) is 2.85. The van der Waals surface area contributed by atoms with Crippen molar-refractivity contribution in [1.29, 1.82) is 0 Å². The fourth-order valence-corrected chi connectivity index (χ4v) is 2.48. The molecule has 0 aliphatic carbocycles. The van der Waals surface area contributed by atoms with Crippen LogP contribution < -0.4 is 18.9 Å². The molecule has 2 heterocycles. The van der Waals surface area contributed by atoms with E-state index in [9.17, 15) is 0 Å². The highest BCUT2D eigenvalue weighted by Gasteiger charge is 2.16. The molecular formula is C16H12ClNO5. The summed E-state index contributed by atoms with van der Waals surface area (Å²) in [5.41, 5.74) is 1.63. The highest BCUT2D eigenvalue weighted by molar-refractivity contribution is 6.31. The Bertz CT molecular complexity index is 777. The summed E-state index contributed by atoms with van der Waals surface area (Å²) in [5, 5.41) is 4.49. The highest BCUT2D eigenvalue weighted by Crippen LogP contribution is 2.37. The zero-order valence-electron chi connectivity index (χ0n) is 12.0. The predicted molar refractivity (Wildman–Crippen MR) is 82.5 cm³/mol. The van der Waals surface area contributed by atoms with Crippen LogP contribution in [-0.2, 0) is 11.4 Å². The summed E-state index contributed by atoms with van der Waals surface area (Å²) in [6, 6.07) is 9.04. The number of ether oxygens (including phenoxy) is 4. The number of benzene rings is 2. The Morgan fingerprint density at radius 2 is 1.65 bits per heavy atom. The van der Waals surface area contributed by atoms with Crippen LogP contribution in [0.5, 0.6) is 23.0 Å². The van der Waals surface area contributed by atoms with Gasteiger partial charge in [-0.3, -0.25) is 0 Å². The van der Waals surface area contributed by atoms with Crippen molar-refractivity contribution in [2.75, 3.05) is 13.6 Å². The lowest BCUT2D eigenvalue weighted by molar-refractivity contribution is 0.132. The van der Waals surface area contributed by atoms with E-state index in [4.69, 9.17) is 35.4 Å². The Balaban J connectivity index is 1.40. The molecule has 118 valence electrons. The summed E-state index contributed by atoms with van der Waals surface area (Å²) in [6.45, 7) is 0.684. The number of fused-ring (bicyclic) bond motifs is 2. The summed E-state index contributed by atoms with van der Waals surface area (Å²) < 4.78 is 21.1. The number of hydrogen-bond donors (Lipinski definition) is 0. The molecule has 0 aromatic heterocycles. The first-order valence-corrected chi connectivity index (χ1v) is 7.30. The maximum absolute atomic E-state index is 6.17. The monoisotopic (exact) mass is 333 g/mol. The van der Waals surface area contributed by atoms with Gasteiger partial charge in [0.15, 0.2) is 23.0 Å². The average molecular weight is 334 g/mol. The lowest BCUT2D eigenvalue weighted by atomic mass is 10.2. The summed E-state index contributed by atoms with van der Waals surface area (Å²) >= 11 is 6.17. The van der Waals surface area contributed by atoms with Gasteiger partial charge < -0.3 is 23.8 Å². The van der Waals surface area contributed by atoms with Crippen LogP contribution in [0.15, 0.2) is 35.5 Å². The molecule has 0 radical (unpaired) electrons. The average Bonchev–Trinajstić information content (AvgIpc) is 3.19. The first kappa shape index (κ1) is 14.0. The summed E-state index contributed by atoms with van der Waals surface area (Å²) in [7, 11) is 0. The lowest BCUT2D eigenvalue weighted by Crippen LogP contribution is -1.93. The minimum Gasteiger partial charge on any atom is -0.454 e. The summed E-state index contributed by atoms with van der Waals surface area (Å²) in [5.74, 6) is 2.73. The normalized spacial score (nSPS) is 14.5. The molecule has 2 aliphatic rings. The molecule has 0 N–H and O–H groups in total. The van der Waals surface area contributed by atoms with Crippen molar-refractivity contribution in [2.45, 2.75) is 6.61 Å². The van der Waals surface area contributed by atoms with Crippen LogP contribution in [0.1, 0.15) is 11.1 Å². The van der Waals surface area contributed by atoms with Crippen molar-refractivity contribution < 1.29 is 23.8 Å². The largest absolute Gasteiger partial charge is 0.454 e. The third-order valence-electron chi connectivity index (χ3n) is 3.43. The van der Waals surface area contributed by atoms with E-state index in [-0.39, 0.29) is 20.2 Å². The minimum absolute atomic E-state index is 0.207. The van der Waals surface area contributed by atoms with Gasteiger partial charge in [0.05, 0.1) is 11.2 Å². The van der Waals surface area contributed by atoms with Gasteiger partial charge >= 0.3 is 0 Å². The van der Waals surface area contributed by atoms with Gasteiger partial charge in [-0.15, -0.1) is 0 Å². The van der Waals surface area contributed by atoms with Gasteiger partial charge in [-0.1, -0.05) is 16.8 Å². The maximum Gasteiger partial charge on any atom is 0.231 e. The SMILES string of the molecule is Clc1cc2c(cc1CO/N=C\c1ccc3c(c1)OCO3)OCO2. The predicted octanol–water partition coefficient (Wildman–Crippen LogP) is 3.35. The molecule has 0 spiro atoms. The van der Waals surface area contributed by atoms with E-state index in [2.05, 4.69) is 5.16 Å². The van der Waals surface area contributed by atoms with Crippen molar-refractivity contribution in [1.82, 2.24) is 0 Å². The van der Waals surface area contributed by atoms with Crippen LogP contribution in [-0.4, -0.2) is 19.8 Å². The fourth-order valence-electron chi connectivity index (χ4n) is 2.27. The first-order valence-electron chi connectivity index (χ1n) is 6.92. The molecule has 0 saturated heterocycles. The van der Waals surface area contributed by atoms with Crippen LogP contribution in [0.4, 0.5) is 0 Å². The quantitative estimate of drug-likeness (QED) is 0.634. The molecule has 0 atom stereocenters. The third-order valence-corrected chi connectivity index (χ3v) is 3.79. The fraction of sp³-hybridized carbons (Fsp3) is 0.188. The van der Waals surface area contributed by atoms with E-state index >= 15 is 0 Å². The van der Waals surface area contributed by atoms with Gasteiger partial charge in [0.25, 0.3) is 0 Å². The zero-order chi connectivity index (χ0) is 15.6. The topological polar surface area (TPSA) is 58.5 Å². The number of hydrogen-bond acceptors (Lipinski definition) is 6. The molecule has 4 rings (SSSR count). The Morgan fingerprint density at radius 3 is 2.48 bits per heavy atom. The van der Waals surface area contributed by atoms with E-state index in [1.807, 2.05) is 18.2 Å². The standard InChI is InChI=1S/C16H12ClNO5/c17-12-5-16-15(21-9-22-16)4-11(12)7-23-18-6-10-1-2-13-14(3-10)20-8-19-13/h1-6H,7-9H2/b18-6-. The minimum atomic E-state index is 0.207. The molecular weight excluding hydrogens is 322 g/mol. The number of oxime groups is 1. The highest BCUT2D eigenvalue weighted by atomic mass is 35.5. The van der Waals surface area contributed by atoms with Gasteiger partial charge in [-0.25, -0.2) is 0 Å². The van der Waals surface area contributed by atoms with Crippen molar-refractivity contribution in [2.24, 2.45) is 5.16 Å². The molecule has 6 nitrogen and oxygen atoms in total. The van der Waals surface area contributed by atoms with E-state index in [0.29, 0.717) is 22.3 Å². The van der Waals surface area contributed by atoms with Gasteiger partial charge in [0, 0.05) is 17.2 Å². The van der Waals surface area contributed by atoms with Crippen LogP contribution in [0.2, 0.25) is 5.02 Å². The molecule has 0 bridgehead atoms. The van der Waals surface area contributed by atoms with E-state index < -0.39 is 0 Å². The molecule has 2 aliphatic heterocycles. The second kappa shape index (κ2) is 5.89. The number of halogens is 1. The number of rotatable bonds is 4. The maximum atomic E-state index is 6.17. The second-order valence-corrected chi connectivity index (χ2v) is 5.32. The van der Waals surface area contributed by atoms with Crippen molar-refractivity contribution in [3.8, 4) is 23.0 Å². The van der Waals surface area contributed by atoms with E-state index in [0.717, 1.165) is 16.9 Å². The molecule has 0 amide bonds. The molecule has 2 aromatic rings. The van der Waals surface area contributed by atoms with E-state index in [1.54, 1.807) is 18.3 Å². The van der Waals surface area contributed by atoms with E-state index in [1.165, 1.54) is 0 Å². The smallest absolute Gasteiger partial charge is 0.231 e. The molecule has 23 heavy (non-hydrogen) atoms. The van der Waals surface area contributed by atoms with Gasteiger partial charge in [0.1, 0.15) is 6.61 Å². The van der Waals surface area contributed by atoms with Crippen molar-refractivity contribution in [3.05, 3.63) is 46.5 Å². The molecule has 7 heteroatoms. The van der Waals surface area contributed by atoms with Gasteiger partial charge in [-0.2, -0.15) is 0 Å². The Hall–Kier alpha value is -2.60. The van der Waals surface area contributed by atoms with Gasteiger partial charge in [-0.05, 0) is 24.3 Å². The lowest BCUT2D eigenvalue weighted by Gasteiger charge is -2.05. The number of nitrogens with zero attached hydrogens (tertiary/aromatic N) is 1. The van der Waals surface area contributed by atoms with Crippen LogP contribution in [0, 0.1) is 0 Å². The molecule has 0 unspecified atom stereocenters. The molecule has 2 aromatic carbocycles. The van der Waals surface area contributed by atoms with Gasteiger partial charge in [0.2, 0.25) is 13.6 Å². The van der Waals surface area contributed by atoms with Crippen molar-refractivity contribution >= 4 is 17.8 Å². The Kier molecular flexibility index (Phi) is 3.59. The second-order valence-electron chi connectivity index (χ2n) is 4.92. The molecule has 0 fully saturated rings. The first-order chi connectivity index (χ1) is 11.3. The summed E-state index contributed by atoms with van der Waals surface area (Å²) in [4.78, 5) is 5.30. The van der Waals surface area contributed by atoms with Crippen molar-refractivity contribution in [3.63, 3.8) is 0 Å². The Labute approximate surface area is 137 Å². The molecule has 0 saturated carbocycles. The summed E-state index contributed by atoms with van der Waals surface area (Å²) in [6.07, 6.45) is 1.60. The van der Waals surface area contributed by atoms with Crippen LogP contribution >= 0.6 is 11.6 Å². The van der Waals surface area contributed by atoms with Crippen LogP contribution in [0.3, 0.4) is 0 Å².